The van der Waals surface area contributed by atoms with Crippen molar-refractivity contribution in [3.63, 3.8) is 0 Å². The molecule has 1 aromatic carbocycles. The Balaban J connectivity index is 1.36. The fourth-order valence-electron chi connectivity index (χ4n) is 4.54. The number of carbonyl (C=O) groups is 1. The van der Waals surface area contributed by atoms with Crippen LogP contribution in [0.1, 0.15) is 23.9 Å². The third-order valence-electron chi connectivity index (χ3n) is 6.07. The fraction of sp³-hybridized carbons (Fsp3) is 0.429. The van der Waals surface area contributed by atoms with Crippen LogP contribution in [0, 0.1) is 6.92 Å². The number of benzene rings is 1. The number of aryl methyl sites for hydroxylation is 2. The summed E-state index contributed by atoms with van der Waals surface area (Å²) in [4.78, 5) is 26.1. The Morgan fingerprint density at radius 1 is 1.07 bits per heavy atom. The molecule has 1 amide bonds. The van der Waals surface area contributed by atoms with Gasteiger partial charge in [0.1, 0.15) is 11.6 Å². The molecule has 9 nitrogen and oxygen atoms in total. The lowest BCUT2D eigenvalue weighted by Gasteiger charge is -2.44. The van der Waals surface area contributed by atoms with Crippen LogP contribution in [0.25, 0.3) is 11.0 Å². The third kappa shape index (κ3) is 3.40. The molecule has 2 aliphatic heterocycles. The van der Waals surface area contributed by atoms with Crippen LogP contribution in [0.3, 0.4) is 0 Å². The summed E-state index contributed by atoms with van der Waals surface area (Å²) in [6, 6.07) is 10.5. The number of amides is 1. The molecule has 2 aromatic heterocycles. The molecule has 0 bridgehead atoms. The first-order valence-corrected chi connectivity index (χ1v) is 10.3. The van der Waals surface area contributed by atoms with E-state index >= 15 is 0 Å². The molecule has 5 rings (SSSR count). The zero-order valence-corrected chi connectivity index (χ0v) is 17.2. The molecule has 4 heterocycles. The molecule has 2 saturated heterocycles. The van der Waals surface area contributed by atoms with Gasteiger partial charge in [-0.1, -0.05) is 30.3 Å². The van der Waals surface area contributed by atoms with Gasteiger partial charge in [0.25, 0.3) is 0 Å². The zero-order valence-electron chi connectivity index (χ0n) is 17.2. The maximum absolute atomic E-state index is 12.1. The van der Waals surface area contributed by atoms with Gasteiger partial charge < -0.3 is 4.90 Å². The van der Waals surface area contributed by atoms with Crippen LogP contribution >= 0.6 is 0 Å². The van der Waals surface area contributed by atoms with E-state index in [1.165, 1.54) is 5.56 Å². The van der Waals surface area contributed by atoms with Crippen LogP contribution in [0.15, 0.2) is 36.5 Å². The van der Waals surface area contributed by atoms with Crippen molar-refractivity contribution in [1.29, 1.82) is 0 Å². The van der Waals surface area contributed by atoms with E-state index in [0.29, 0.717) is 6.42 Å². The molecule has 0 spiro atoms. The Morgan fingerprint density at radius 3 is 2.60 bits per heavy atom. The minimum atomic E-state index is 0.0399. The number of piperazine rings is 1. The lowest BCUT2D eigenvalue weighted by atomic mass is 9.93. The summed E-state index contributed by atoms with van der Waals surface area (Å²) in [5.41, 5.74) is 8.08. The topological polar surface area (TPSA) is 91.2 Å². The van der Waals surface area contributed by atoms with Crippen LogP contribution < -0.4 is 15.8 Å². The van der Waals surface area contributed by atoms with Crippen LogP contribution in [0.4, 0.5) is 5.82 Å². The number of fused-ring (bicyclic) bond motifs is 1. The molecule has 2 fully saturated rings. The van der Waals surface area contributed by atoms with Gasteiger partial charge >= 0.3 is 0 Å². The number of rotatable bonds is 3. The minimum absolute atomic E-state index is 0.0399. The molecule has 9 heteroatoms. The number of nitrogens with zero attached hydrogens (tertiary/aromatic N) is 6. The van der Waals surface area contributed by atoms with Gasteiger partial charge in [0.2, 0.25) is 5.91 Å². The standard InChI is InChI=1S/C21H26N8O/c1-14-23-20-16(13-22-27(20)2)21(24-14)29-10-8-28(9-11-29)17-12-18(30)25-26-19(17)15-6-4-3-5-7-15/h3-7,13,17,19,26H,8-12H2,1-2H3,(H,25,30). The van der Waals surface area contributed by atoms with Gasteiger partial charge in [-0.25, -0.2) is 15.4 Å². The van der Waals surface area contributed by atoms with Crippen LogP contribution in [-0.4, -0.2) is 62.8 Å². The van der Waals surface area contributed by atoms with E-state index in [0.717, 1.165) is 48.9 Å². The highest BCUT2D eigenvalue weighted by Crippen LogP contribution is 2.29. The van der Waals surface area contributed by atoms with Gasteiger partial charge in [0.05, 0.1) is 17.6 Å². The molecule has 2 N–H and O–H groups in total. The van der Waals surface area contributed by atoms with Crippen molar-refractivity contribution in [2.75, 3.05) is 31.1 Å². The van der Waals surface area contributed by atoms with Gasteiger partial charge in [-0.3, -0.25) is 19.8 Å². The average molecular weight is 406 g/mol. The monoisotopic (exact) mass is 406 g/mol. The maximum atomic E-state index is 12.1. The van der Waals surface area contributed by atoms with E-state index in [9.17, 15) is 4.79 Å². The highest BCUT2D eigenvalue weighted by molar-refractivity contribution is 5.87. The third-order valence-corrected chi connectivity index (χ3v) is 6.07. The fourth-order valence-corrected chi connectivity index (χ4v) is 4.54. The maximum Gasteiger partial charge on any atom is 0.235 e. The first-order valence-electron chi connectivity index (χ1n) is 10.3. The quantitative estimate of drug-likeness (QED) is 0.669. The Morgan fingerprint density at radius 2 is 1.83 bits per heavy atom. The first-order chi connectivity index (χ1) is 14.6. The van der Waals surface area contributed by atoms with Crippen molar-refractivity contribution in [2.45, 2.75) is 25.4 Å². The molecule has 3 aromatic rings. The number of anilines is 1. The minimum Gasteiger partial charge on any atom is -0.353 e. The van der Waals surface area contributed by atoms with Gasteiger partial charge in [0.15, 0.2) is 5.65 Å². The zero-order chi connectivity index (χ0) is 20.7. The summed E-state index contributed by atoms with van der Waals surface area (Å²) in [5, 5.41) is 5.34. The highest BCUT2D eigenvalue weighted by atomic mass is 16.2. The van der Waals surface area contributed by atoms with Crippen LogP contribution in [0.2, 0.25) is 0 Å². The smallest absolute Gasteiger partial charge is 0.235 e. The molecule has 30 heavy (non-hydrogen) atoms. The SMILES string of the molecule is Cc1nc(N2CCN(C3CC(=O)NNC3c3ccccc3)CC2)c2cnn(C)c2n1. The summed E-state index contributed by atoms with van der Waals surface area (Å²) in [5.74, 6) is 1.74. The van der Waals surface area contributed by atoms with Gasteiger partial charge in [-0.05, 0) is 12.5 Å². The number of nitrogens with one attached hydrogen (secondary N) is 2. The number of aromatic nitrogens is 4. The highest BCUT2D eigenvalue weighted by Gasteiger charge is 2.36. The summed E-state index contributed by atoms with van der Waals surface area (Å²) in [6.07, 6.45) is 2.34. The number of hydrogen-bond donors (Lipinski definition) is 2. The molecule has 2 atom stereocenters. The van der Waals surface area contributed by atoms with Crippen molar-refractivity contribution < 1.29 is 4.79 Å². The Labute approximate surface area is 175 Å². The number of hydrogen-bond acceptors (Lipinski definition) is 7. The number of hydrazine groups is 1. The van der Waals surface area contributed by atoms with Crippen LogP contribution in [0.5, 0.6) is 0 Å². The Hall–Kier alpha value is -3.04. The summed E-state index contributed by atoms with van der Waals surface area (Å²) >= 11 is 0. The predicted octanol–water partition coefficient (Wildman–Crippen LogP) is 0.928. The van der Waals surface area contributed by atoms with Crippen molar-refractivity contribution in [3.8, 4) is 0 Å². The molecule has 2 unspecified atom stereocenters. The lowest BCUT2D eigenvalue weighted by Crippen LogP contribution is -2.60. The van der Waals surface area contributed by atoms with Gasteiger partial charge in [-0.2, -0.15) is 5.10 Å². The summed E-state index contributed by atoms with van der Waals surface area (Å²) in [7, 11) is 1.90. The lowest BCUT2D eigenvalue weighted by molar-refractivity contribution is -0.126. The molecule has 0 aliphatic carbocycles. The van der Waals surface area contributed by atoms with Crippen molar-refractivity contribution in [1.82, 2.24) is 35.5 Å². The molecule has 2 aliphatic rings. The van der Waals surface area contributed by atoms with Gasteiger partial charge in [0, 0.05) is 45.7 Å². The largest absolute Gasteiger partial charge is 0.353 e. The predicted molar refractivity (Wildman–Crippen MR) is 114 cm³/mol. The molecular weight excluding hydrogens is 380 g/mol. The van der Waals surface area contributed by atoms with Crippen molar-refractivity contribution >= 4 is 22.8 Å². The normalized spacial score (nSPS) is 23.0. The summed E-state index contributed by atoms with van der Waals surface area (Å²) in [6.45, 7) is 5.35. The van der Waals surface area contributed by atoms with E-state index in [1.54, 1.807) is 4.68 Å². The van der Waals surface area contributed by atoms with E-state index in [2.05, 4.69) is 42.9 Å². The van der Waals surface area contributed by atoms with Crippen molar-refractivity contribution in [2.24, 2.45) is 7.05 Å². The van der Waals surface area contributed by atoms with E-state index in [1.807, 2.05) is 38.4 Å². The van der Waals surface area contributed by atoms with Crippen LogP contribution in [-0.2, 0) is 11.8 Å². The van der Waals surface area contributed by atoms with Crippen molar-refractivity contribution in [3.05, 3.63) is 47.9 Å². The first kappa shape index (κ1) is 19.0. The second kappa shape index (κ2) is 7.66. The Bertz CT molecular complexity index is 1060. The molecular formula is C21H26N8O. The molecule has 156 valence electrons. The average Bonchev–Trinajstić information content (AvgIpc) is 3.14. The summed E-state index contributed by atoms with van der Waals surface area (Å²) < 4.78 is 1.79. The molecule has 0 saturated carbocycles. The second-order valence-electron chi connectivity index (χ2n) is 7.98. The Kier molecular flexibility index (Phi) is 4.84. The second-order valence-corrected chi connectivity index (χ2v) is 7.98. The molecule has 0 radical (unpaired) electrons. The number of carbonyl (C=O) groups excluding carboxylic acids is 1. The van der Waals surface area contributed by atoms with E-state index < -0.39 is 0 Å². The van der Waals surface area contributed by atoms with E-state index in [4.69, 9.17) is 4.98 Å². The van der Waals surface area contributed by atoms with Gasteiger partial charge in [-0.15, -0.1) is 0 Å². The van der Waals surface area contributed by atoms with E-state index in [-0.39, 0.29) is 18.0 Å².